The summed E-state index contributed by atoms with van der Waals surface area (Å²) in [7, 11) is 1.55. The van der Waals surface area contributed by atoms with Gasteiger partial charge in [0.1, 0.15) is 5.82 Å². The van der Waals surface area contributed by atoms with Gasteiger partial charge in [0.25, 0.3) is 14.2 Å². The van der Waals surface area contributed by atoms with Crippen molar-refractivity contribution in [3.63, 3.8) is 0 Å². The van der Waals surface area contributed by atoms with E-state index in [1.165, 1.54) is 0 Å². The lowest BCUT2D eigenvalue weighted by atomic mass is 10.1. The summed E-state index contributed by atoms with van der Waals surface area (Å²) in [6, 6.07) is 9.22. The molecule has 0 aliphatic heterocycles. The van der Waals surface area contributed by atoms with Crippen molar-refractivity contribution in [3.8, 4) is 5.69 Å². The van der Waals surface area contributed by atoms with E-state index in [-0.39, 0.29) is 11.1 Å². The summed E-state index contributed by atoms with van der Waals surface area (Å²) in [5.74, 6) is 0.933. The quantitative estimate of drug-likeness (QED) is 0.818. The number of aromatic nitrogens is 3. The number of halogens is 1. The maximum atomic E-state index is 11.7. The molecule has 1 aliphatic carbocycles. The van der Waals surface area contributed by atoms with Gasteiger partial charge in [-0.1, -0.05) is 31.0 Å². The second-order valence-corrected chi connectivity index (χ2v) is 7.39. The number of benzene rings is 1. The van der Waals surface area contributed by atoms with Gasteiger partial charge in [0.15, 0.2) is 0 Å². The van der Waals surface area contributed by atoms with E-state index in [0.29, 0.717) is 5.82 Å². The van der Waals surface area contributed by atoms with Gasteiger partial charge in [-0.15, -0.1) is 10.2 Å². The molecule has 1 heterocycles. The van der Waals surface area contributed by atoms with Crippen molar-refractivity contribution in [1.29, 1.82) is 0 Å². The van der Waals surface area contributed by atoms with Crippen LogP contribution < -0.4 is 0 Å². The van der Waals surface area contributed by atoms with Crippen molar-refractivity contribution in [3.05, 3.63) is 36.2 Å². The molecular weight excluding hydrogens is 298 g/mol. The zero-order valence-corrected chi connectivity index (χ0v) is 12.3. The number of hydrogen-bond donors (Lipinski definition) is 0. The first-order chi connectivity index (χ1) is 9.57. The van der Waals surface area contributed by atoms with Crippen LogP contribution in [0.3, 0.4) is 0 Å². The van der Waals surface area contributed by atoms with E-state index in [1.807, 2.05) is 30.3 Å². The van der Waals surface area contributed by atoms with Gasteiger partial charge in [0, 0.05) is 22.3 Å². The predicted molar refractivity (Wildman–Crippen MR) is 75.6 cm³/mol. The minimum Gasteiger partial charge on any atom is -0.269 e. The molecule has 1 aromatic heterocycles. The lowest BCUT2D eigenvalue weighted by molar-refractivity contribution is 0.593. The second-order valence-electron chi connectivity index (χ2n) is 4.93. The van der Waals surface area contributed by atoms with Gasteiger partial charge in [0.05, 0.1) is 0 Å². The average molecular weight is 312 g/mol. The molecule has 0 bridgehead atoms. The molecule has 20 heavy (non-hydrogen) atoms. The van der Waals surface area contributed by atoms with E-state index in [9.17, 15) is 8.42 Å². The van der Waals surface area contributed by atoms with Crippen LogP contribution in [-0.2, 0) is 9.05 Å². The second kappa shape index (κ2) is 5.18. The van der Waals surface area contributed by atoms with Crippen molar-refractivity contribution in [2.75, 3.05) is 0 Å². The Hall–Kier alpha value is -1.40. The molecule has 5 nitrogen and oxygen atoms in total. The first-order valence-electron chi connectivity index (χ1n) is 6.53. The van der Waals surface area contributed by atoms with Gasteiger partial charge in [-0.25, -0.2) is 8.42 Å². The molecule has 1 aliphatic rings. The number of hydrogen-bond acceptors (Lipinski definition) is 4. The molecule has 0 amide bonds. The first-order valence-corrected chi connectivity index (χ1v) is 8.83. The molecule has 0 spiro atoms. The third-order valence-corrected chi connectivity index (χ3v) is 4.73. The van der Waals surface area contributed by atoms with Gasteiger partial charge in [0.2, 0.25) is 0 Å². The Bertz CT molecular complexity index is 706. The fourth-order valence-electron chi connectivity index (χ4n) is 2.71. The van der Waals surface area contributed by atoms with Crippen LogP contribution in [0.1, 0.15) is 37.4 Å². The number of rotatable bonds is 3. The molecule has 3 rings (SSSR count). The molecule has 0 N–H and O–H groups in total. The Morgan fingerprint density at radius 1 is 1.10 bits per heavy atom. The molecule has 2 aromatic rings. The predicted octanol–water partition coefficient (Wildman–Crippen LogP) is 2.85. The highest BCUT2D eigenvalue weighted by atomic mass is 35.7. The van der Waals surface area contributed by atoms with E-state index >= 15 is 0 Å². The Morgan fingerprint density at radius 3 is 2.35 bits per heavy atom. The van der Waals surface area contributed by atoms with Crippen LogP contribution >= 0.6 is 10.7 Å². The summed E-state index contributed by atoms with van der Waals surface area (Å²) < 4.78 is 25.0. The lowest BCUT2D eigenvalue weighted by Crippen LogP contribution is -2.09. The van der Waals surface area contributed by atoms with Gasteiger partial charge in [-0.2, -0.15) is 0 Å². The highest BCUT2D eigenvalue weighted by molar-refractivity contribution is 8.13. The largest absolute Gasteiger partial charge is 0.297 e. The Kier molecular flexibility index (Phi) is 3.52. The van der Waals surface area contributed by atoms with Gasteiger partial charge in [-0.05, 0) is 25.0 Å². The molecule has 1 saturated carbocycles. The van der Waals surface area contributed by atoms with Crippen molar-refractivity contribution in [1.82, 2.24) is 14.8 Å². The Balaban J connectivity index is 2.19. The fraction of sp³-hybridized carbons (Fsp3) is 0.385. The van der Waals surface area contributed by atoms with E-state index in [0.717, 1.165) is 31.4 Å². The molecule has 0 unspecified atom stereocenters. The summed E-state index contributed by atoms with van der Waals surface area (Å²) in [6.07, 6.45) is 4.28. The van der Waals surface area contributed by atoms with Crippen LogP contribution in [0.25, 0.3) is 5.69 Å². The summed E-state index contributed by atoms with van der Waals surface area (Å²) in [4.78, 5) is 0. The van der Waals surface area contributed by atoms with Crippen LogP contribution in [0.2, 0.25) is 0 Å². The van der Waals surface area contributed by atoms with Gasteiger partial charge in [-0.3, -0.25) is 4.57 Å². The topological polar surface area (TPSA) is 64.8 Å². The van der Waals surface area contributed by atoms with Crippen molar-refractivity contribution >= 4 is 19.7 Å². The van der Waals surface area contributed by atoms with Gasteiger partial charge >= 0.3 is 0 Å². The molecule has 106 valence electrons. The van der Waals surface area contributed by atoms with E-state index < -0.39 is 9.05 Å². The summed E-state index contributed by atoms with van der Waals surface area (Å²) in [6.45, 7) is 0. The molecular formula is C13H14ClN3O2S. The van der Waals surface area contributed by atoms with Crippen LogP contribution in [0.4, 0.5) is 0 Å². The molecule has 1 aromatic carbocycles. The van der Waals surface area contributed by atoms with Gasteiger partial charge < -0.3 is 0 Å². The van der Waals surface area contributed by atoms with Crippen LogP contribution in [0.5, 0.6) is 0 Å². The molecule has 0 radical (unpaired) electrons. The van der Waals surface area contributed by atoms with E-state index in [4.69, 9.17) is 10.7 Å². The third kappa shape index (κ3) is 2.45. The molecule has 0 saturated heterocycles. The van der Waals surface area contributed by atoms with E-state index in [1.54, 1.807) is 4.57 Å². The zero-order valence-electron chi connectivity index (χ0n) is 10.7. The maximum Gasteiger partial charge on any atom is 0.297 e. The van der Waals surface area contributed by atoms with Crippen LogP contribution in [0, 0.1) is 0 Å². The highest BCUT2D eigenvalue weighted by Gasteiger charge is 2.29. The Morgan fingerprint density at radius 2 is 1.75 bits per heavy atom. The zero-order chi connectivity index (χ0) is 14.2. The Labute approximate surface area is 122 Å². The maximum absolute atomic E-state index is 11.7. The smallest absolute Gasteiger partial charge is 0.269 e. The number of nitrogens with zero attached hydrogens (tertiary/aromatic N) is 3. The standard InChI is InChI=1S/C13H14ClN3O2S/c14-20(18,19)13-16-15-12(10-6-4-5-7-10)17(13)11-8-2-1-3-9-11/h1-3,8-10H,4-7H2. The fourth-order valence-corrected chi connectivity index (χ4v) is 3.56. The SMILES string of the molecule is O=S(=O)(Cl)c1nnc(C2CCCC2)n1-c1ccccc1. The van der Waals surface area contributed by atoms with E-state index in [2.05, 4.69) is 10.2 Å². The number of para-hydroxylation sites is 1. The van der Waals surface area contributed by atoms with Crippen LogP contribution in [-0.4, -0.2) is 23.2 Å². The molecule has 7 heteroatoms. The van der Waals surface area contributed by atoms with Crippen molar-refractivity contribution in [2.24, 2.45) is 0 Å². The third-order valence-electron chi connectivity index (χ3n) is 3.61. The molecule has 0 atom stereocenters. The summed E-state index contributed by atoms with van der Waals surface area (Å²) in [5.41, 5.74) is 0.721. The first kappa shape index (κ1) is 13.6. The molecule has 1 fully saturated rings. The van der Waals surface area contributed by atoms with Crippen molar-refractivity contribution in [2.45, 2.75) is 36.8 Å². The van der Waals surface area contributed by atoms with Crippen molar-refractivity contribution < 1.29 is 8.42 Å². The summed E-state index contributed by atoms with van der Waals surface area (Å²) in [5, 5.41) is 7.69. The minimum absolute atomic E-state index is 0.202. The normalized spacial score (nSPS) is 16.6. The minimum atomic E-state index is -3.93. The lowest BCUT2D eigenvalue weighted by Gasteiger charge is -2.12. The highest BCUT2D eigenvalue weighted by Crippen LogP contribution is 2.35. The average Bonchev–Trinajstić information content (AvgIpc) is 3.07. The monoisotopic (exact) mass is 311 g/mol. The summed E-state index contributed by atoms with van der Waals surface area (Å²) >= 11 is 0. The van der Waals surface area contributed by atoms with Crippen LogP contribution in [0.15, 0.2) is 35.5 Å².